The van der Waals surface area contributed by atoms with Crippen LogP contribution in [0.4, 0.5) is 0 Å². The smallest absolute Gasteiger partial charge is 0.262 e. The highest BCUT2D eigenvalue weighted by molar-refractivity contribution is 7.17. The summed E-state index contributed by atoms with van der Waals surface area (Å²) in [5.41, 5.74) is 2.17. The molecule has 2 aromatic rings. The maximum Gasteiger partial charge on any atom is 0.262 e. The molecular weight excluding hydrogens is 498 g/mol. The molecule has 0 aromatic carbocycles. The number of thiophene rings is 1. The molecule has 1 N–H and O–H groups in total. The van der Waals surface area contributed by atoms with E-state index in [0.29, 0.717) is 10.8 Å². The number of hydrogen-bond donors (Lipinski definition) is 1. The second-order valence-corrected chi connectivity index (χ2v) is 12.1. The van der Waals surface area contributed by atoms with Gasteiger partial charge >= 0.3 is 0 Å². The number of fused-ring (bicyclic) bond motifs is 1. The van der Waals surface area contributed by atoms with Gasteiger partial charge in [0.25, 0.3) is 5.91 Å². The van der Waals surface area contributed by atoms with Gasteiger partial charge in [0.2, 0.25) is 5.91 Å². The van der Waals surface area contributed by atoms with Crippen molar-refractivity contribution in [1.29, 1.82) is 0 Å². The van der Waals surface area contributed by atoms with Gasteiger partial charge in [-0.25, -0.2) is 0 Å². The van der Waals surface area contributed by atoms with Gasteiger partial charge in [0.1, 0.15) is 24.8 Å². The van der Waals surface area contributed by atoms with Crippen molar-refractivity contribution in [3.63, 3.8) is 0 Å². The van der Waals surface area contributed by atoms with Crippen molar-refractivity contribution in [2.24, 2.45) is 5.92 Å². The standard InChI is InChI=1S/C27H30ClN3O4S/c28-18-13-31(24-20(32)14-35-25(18)24)27(34)23(16-4-2-1-3-5-16)30-26(33)22-9-8-21(36-22)17-10-11-29-19(12-17)15-6-7-15/h8-12,15-16,18,23-25H,1-7,13-14H2,(H,30,33)/t18-,23-,24+,25+/m0/s1. The number of halogens is 1. The van der Waals surface area contributed by atoms with E-state index in [0.717, 1.165) is 48.2 Å². The van der Waals surface area contributed by atoms with Crippen molar-refractivity contribution in [3.8, 4) is 10.4 Å². The molecule has 4 atom stereocenters. The maximum atomic E-state index is 13.8. The number of carbonyl (C=O) groups is 3. The number of carbonyl (C=O) groups excluding carboxylic acids is 3. The quantitative estimate of drug-likeness (QED) is 0.570. The molecule has 2 amide bonds. The molecule has 0 unspecified atom stereocenters. The minimum Gasteiger partial charge on any atom is -0.366 e. The summed E-state index contributed by atoms with van der Waals surface area (Å²) in [6.45, 7) is 0.243. The number of amides is 2. The van der Waals surface area contributed by atoms with Crippen LogP contribution in [0.15, 0.2) is 30.5 Å². The van der Waals surface area contributed by atoms with Gasteiger partial charge in [-0.2, -0.15) is 0 Å². The average molecular weight is 528 g/mol. The number of nitrogens with one attached hydrogen (secondary N) is 1. The molecule has 36 heavy (non-hydrogen) atoms. The summed E-state index contributed by atoms with van der Waals surface area (Å²) in [5.74, 6) is 0.0214. The number of rotatable bonds is 6. The molecule has 0 spiro atoms. The van der Waals surface area contributed by atoms with Gasteiger partial charge < -0.3 is 15.0 Å². The third-order valence-electron chi connectivity index (χ3n) is 7.97. The van der Waals surface area contributed by atoms with Crippen LogP contribution >= 0.6 is 22.9 Å². The van der Waals surface area contributed by atoms with Gasteiger partial charge in [0, 0.05) is 29.2 Å². The van der Waals surface area contributed by atoms with E-state index >= 15 is 0 Å². The van der Waals surface area contributed by atoms with Gasteiger partial charge in [-0.15, -0.1) is 22.9 Å². The Morgan fingerprint density at radius 3 is 2.72 bits per heavy atom. The molecule has 6 rings (SSSR count). The number of ketones is 1. The van der Waals surface area contributed by atoms with E-state index in [1.807, 2.05) is 24.4 Å². The monoisotopic (exact) mass is 527 g/mol. The normalized spacial score (nSPS) is 27.2. The van der Waals surface area contributed by atoms with Crippen molar-refractivity contribution in [2.45, 2.75) is 74.4 Å². The number of pyridine rings is 1. The fourth-order valence-electron chi connectivity index (χ4n) is 5.88. The molecular formula is C27H30ClN3O4S. The lowest BCUT2D eigenvalue weighted by molar-refractivity contribution is -0.139. The highest BCUT2D eigenvalue weighted by Gasteiger charge is 2.53. The Labute approximate surface area is 219 Å². The average Bonchev–Trinajstić information content (AvgIpc) is 3.35. The summed E-state index contributed by atoms with van der Waals surface area (Å²) in [6, 6.07) is 6.54. The van der Waals surface area contributed by atoms with Crippen molar-refractivity contribution < 1.29 is 19.1 Å². The van der Waals surface area contributed by atoms with Crippen LogP contribution in [-0.4, -0.2) is 64.2 Å². The Bertz CT molecular complexity index is 1180. The van der Waals surface area contributed by atoms with Gasteiger partial charge in [0.15, 0.2) is 5.78 Å². The van der Waals surface area contributed by atoms with Crippen LogP contribution in [0.2, 0.25) is 0 Å². The Kier molecular flexibility index (Phi) is 6.60. The van der Waals surface area contributed by atoms with Crippen molar-refractivity contribution >= 4 is 40.5 Å². The first-order valence-corrected chi connectivity index (χ1v) is 14.2. The molecule has 0 radical (unpaired) electrons. The van der Waals surface area contributed by atoms with E-state index in [1.54, 1.807) is 4.90 Å². The maximum absolute atomic E-state index is 13.8. The number of likely N-dealkylation sites (tertiary alicyclic amines) is 1. The Hall–Kier alpha value is -2.29. The number of nitrogens with zero attached hydrogens (tertiary/aromatic N) is 2. The molecule has 2 saturated heterocycles. The van der Waals surface area contributed by atoms with E-state index in [9.17, 15) is 14.4 Å². The Morgan fingerprint density at radius 2 is 1.94 bits per heavy atom. The first-order chi connectivity index (χ1) is 17.5. The fourth-order valence-corrected chi connectivity index (χ4v) is 7.15. The van der Waals surface area contributed by atoms with Gasteiger partial charge in [0.05, 0.1) is 10.3 Å². The first kappa shape index (κ1) is 24.1. The molecule has 4 fully saturated rings. The number of alkyl halides is 1. The van der Waals surface area contributed by atoms with Crippen molar-refractivity contribution in [2.75, 3.05) is 13.2 Å². The SMILES string of the molecule is O=C(N[C@H](C(=O)N1C[C@H](Cl)[C@H]2OCC(=O)[C@H]21)C1CCCCC1)c1ccc(-c2ccnc(C3CC3)c2)s1. The number of hydrogen-bond acceptors (Lipinski definition) is 6. The lowest BCUT2D eigenvalue weighted by Gasteiger charge is -2.34. The molecule has 2 saturated carbocycles. The number of ether oxygens (including phenoxy) is 1. The number of Topliss-reactive ketones (excluding diaryl/α,β-unsaturated/α-hetero) is 1. The summed E-state index contributed by atoms with van der Waals surface area (Å²) >= 11 is 7.87. The van der Waals surface area contributed by atoms with Gasteiger partial charge in [-0.3, -0.25) is 19.4 Å². The summed E-state index contributed by atoms with van der Waals surface area (Å²) in [4.78, 5) is 47.3. The molecule has 4 heterocycles. The topological polar surface area (TPSA) is 88.6 Å². The van der Waals surface area contributed by atoms with Gasteiger partial charge in [-0.1, -0.05) is 19.3 Å². The van der Waals surface area contributed by atoms with Crippen molar-refractivity contribution in [3.05, 3.63) is 41.0 Å². The predicted octanol–water partition coefficient (Wildman–Crippen LogP) is 4.15. The summed E-state index contributed by atoms with van der Waals surface area (Å²) in [5, 5.41) is 2.64. The zero-order chi connectivity index (χ0) is 24.8. The largest absolute Gasteiger partial charge is 0.366 e. The van der Waals surface area contributed by atoms with Crippen LogP contribution in [0.3, 0.4) is 0 Å². The zero-order valence-corrected chi connectivity index (χ0v) is 21.6. The molecule has 9 heteroatoms. The predicted molar refractivity (Wildman–Crippen MR) is 137 cm³/mol. The van der Waals surface area contributed by atoms with Crippen molar-refractivity contribution in [1.82, 2.24) is 15.2 Å². The summed E-state index contributed by atoms with van der Waals surface area (Å²) in [7, 11) is 0. The first-order valence-electron chi connectivity index (χ1n) is 13.0. The fraction of sp³-hybridized carbons (Fsp3) is 0.556. The molecule has 190 valence electrons. The minimum absolute atomic E-state index is 0.0156. The molecule has 4 aliphatic rings. The molecule has 7 nitrogen and oxygen atoms in total. The number of aromatic nitrogens is 1. The second-order valence-electron chi connectivity index (χ2n) is 10.5. The molecule has 0 bridgehead atoms. The summed E-state index contributed by atoms with van der Waals surface area (Å²) < 4.78 is 5.56. The lowest BCUT2D eigenvalue weighted by Crippen LogP contribution is -2.55. The summed E-state index contributed by atoms with van der Waals surface area (Å²) in [6.07, 6.45) is 8.70. The van der Waals surface area contributed by atoms with Crippen LogP contribution in [0.1, 0.15) is 66.2 Å². The Morgan fingerprint density at radius 1 is 1.14 bits per heavy atom. The minimum atomic E-state index is -0.679. The van der Waals surface area contributed by atoms with E-state index in [2.05, 4.69) is 16.4 Å². The Balaban J connectivity index is 1.22. The van der Waals surface area contributed by atoms with E-state index in [-0.39, 0.29) is 36.7 Å². The second kappa shape index (κ2) is 9.88. The lowest BCUT2D eigenvalue weighted by atomic mass is 9.83. The third-order valence-corrected chi connectivity index (χ3v) is 9.49. The third kappa shape index (κ3) is 4.59. The van der Waals surface area contributed by atoms with Crippen LogP contribution < -0.4 is 5.32 Å². The molecule has 2 aromatic heterocycles. The van der Waals surface area contributed by atoms with Gasteiger partial charge in [-0.05, 0) is 61.4 Å². The van der Waals surface area contributed by atoms with Crippen LogP contribution in [0, 0.1) is 5.92 Å². The van der Waals surface area contributed by atoms with E-state index in [4.69, 9.17) is 16.3 Å². The van der Waals surface area contributed by atoms with Crippen LogP contribution in [0.25, 0.3) is 10.4 Å². The zero-order valence-electron chi connectivity index (χ0n) is 20.0. The molecule has 2 aliphatic heterocycles. The molecule has 2 aliphatic carbocycles. The van der Waals surface area contributed by atoms with Crippen LogP contribution in [0.5, 0.6) is 0 Å². The van der Waals surface area contributed by atoms with E-state index in [1.165, 1.54) is 24.2 Å². The highest BCUT2D eigenvalue weighted by atomic mass is 35.5. The highest BCUT2D eigenvalue weighted by Crippen LogP contribution is 2.40. The van der Waals surface area contributed by atoms with Crippen LogP contribution in [-0.2, 0) is 14.3 Å². The van der Waals surface area contributed by atoms with E-state index < -0.39 is 23.6 Å².